The van der Waals surface area contributed by atoms with E-state index in [2.05, 4.69) is 15.6 Å². The maximum Gasteiger partial charge on any atom is 0.230 e. The van der Waals surface area contributed by atoms with Gasteiger partial charge in [-0.3, -0.25) is 4.79 Å². The van der Waals surface area contributed by atoms with Crippen molar-refractivity contribution in [1.29, 1.82) is 0 Å². The number of hydrogen-bond acceptors (Lipinski definition) is 6. The van der Waals surface area contributed by atoms with E-state index in [9.17, 15) is 4.79 Å². The molecular formula is C19H18ClN3O3S. The van der Waals surface area contributed by atoms with E-state index in [-0.39, 0.29) is 12.3 Å². The van der Waals surface area contributed by atoms with Crippen molar-refractivity contribution in [2.45, 2.75) is 6.42 Å². The number of carbonyl (C=O) groups is 1. The van der Waals surface area contributed by atoms with Crippen LogP contribution in [0.5, 0.6) is 11.5 Å². The number of nitrogens with one attached hydrogen (secondary N) is 2. The van der Waals surface area contributed by atoms with Gasteiger partial charge in [0.25, 0.3) is 0 Å². The number of aromatic nitrogens is 1. The second-order valence-corrected chi connectivity index (χ2v) is 6.87. The van der Waals surface area contributed by atoms with Crippen LogP contribution in [0.2, 0.25) is 5.02 Å². The summed E-state index contributed by atoms with van der Waals surface area (Å²) in [6.07, 6.45) is 0.169. The van der Waals surface area contributed by atoms with Crippen molar-refractivity contribution < 1.29 is 14.3 Å². The highest BCUT2D eigenvalue weighted by molar-refractivity contribution is 7.13. The van der Waals surface area contributed by atoms with Gasteiger partial charge in [-0.2, -0.15) is 0 Å². The Bertz CT molecular complexity index is 945. The number of anilines is 3. The number of methoxy groups -OCH3 is 2. The summed E-state index contributed by atoms with van der Waals surface area (Å²) in [5.41, 5.74) is 2.16. The molecule has 0 unspecified atom stereocenters. The highest BCUT2D eigenvalue weighted by Gasteiger charge is 2.11. The van der Waals surface area contributed by atoms with E-state index in [1.165, 1.54) is 11.3 Å². The van der Waals surface area contributed by atoms with Crippen LogP contribution in [0, 0.1) is 0 Å². The number of benzene rings is 2. The van der Waals surface area contributed by atoms with E-state index in [4.69, 9.17) is 21.1 Å². The van der Waals surface area contributed by atoms with Gasteiger partial charge in [0.2, 0.25) is 5.91 Å². The van der Waals surface area contributed by atoms with Gasteiger partial charge in [0.15, 0.2) is 16.6 Å². The van der Waals surface area contributed by atoms with Crippen molar-refractivity contribution in [2.24, 2.45) is 0 Å². The predicted molar refractivity (Wildman–Crippen MR) is 109 cm³/mol. The number of nitrogens with zero attached hydrogens (tertiary/aromatic N) is 1. The average Bonchev–Trinajstić information content (AvgIpc) is 3.08. The van der Waals surface area contributed by atoms with Crippen LogP contribution >= 0.6 is 22.9 Å². The maximum atomic E-state index is 12.3. The van der Waals surface area contributed by atoms with Crippen molar-refractivity contribution in [1.82, 2.24) is 4.98 Å². The average molecular weight is 404 g/mol. The zero-order chi connectivity index (χ0) is 19.2. The SMILES string of the molecule is COc1ccc(NC(=O)Cc2csc(Nc3cccc(Cl)c3)n2)cc1OC. The maximum absolute atomic E-state index is 12.3. The molecule has 0 bridgehead atoms. The van der Waals surface area contributed by atoms with E-state index in [0.29, 0.717) is 33.0 Å². The van der Waals surface area contributed by atoms with Gasteiger partial charge in [0.1, 0.15) is 0 Å². The molecule has 0 aliphatic rings. The molecule has 3 rings (SSSR count). The minimum Gasteiger partial charge on any atom is -0.493 e. The van der Waals surface area contributed by atoms with Crippen LogP contribution in [0.25, 0.3) is 0 Å². The second kappa shape index (κ2) is 8.75. The summed E-state index contributed by atoms with van der Waals surface area (Å²) in [5, 5.41) is 9.20. The van der Waals surface area contributed by atoms with Crippen LogP contribution in [0.15, 0.2) is 47.8 Å². The third-order valence-corrected chi connectivity index (χ3v) is 4.68. The number of rotatable bonds is 7. The van der Waals surface area contributed by atoms with Crippen molar-refractivity contribution in [2.75, 3.05) is 24.9 Å². The molecule has 0 saturated carbocycles. The summed E-state index contributed by atoms with van der Waals surface area (Å²) in [5.74, 6) is 0.991. The number of ether oxygens (including phenoxy) is 2. The zero-order valence-corrected chi connectivity index (χ0v) is 16.4. The van der Waals surface area contributed by atoms with Gasteiger partial charge in [-0.15, -0.1) is 11.3 Å². The van der Waals surface area contributed by atoms with Gasteiger partial charge >= 0.3 is 0 Å². The highest BCUT2D eigenvalue weighted by Crippen LogP contribution is 2.30. The topological polar surface area (TPSA) is 72.5 Å². The molecule has 0 atom stereocenters. The molecule has 8 heteroatoms. The quantitative estimate of drug-likeness (QED) is 0.596. The van der Waals surface area contributed by atoms with Crippen LogP contribution in [0.4, 0.5) is 16.5 Å². The van der Waals surface area contributed by atoms with Crippen LogP contribution in [-0.2, 0) is 11.2 Å². The van der Waals surface area contributed by atoms with Gasteiger partial charge in [-0.1, -0.05) is 17.7 Å². The number of hydrogen-bond donors (Lipinski definition) is 2. The van der Waals surface area contributed by atoms with Gasteiger partial charge < -0.3 is 20.1 Å². The molecule has 1 heterocycles. The van der Waals surface area contributed by atoms with Gasteiger partial charge in [0, 0.05) is 27.8 Å². The van der Waals surface area contributed by atoms with Crippen LogP contribution in [0.3, 0.4) is 0 Å². The zero-order valence-electron chi connectivity index (χ0n) is 14.8. The highest BCUT2D eigenvalue weighted by atomic mass is 35.5. The van der Waals surface area contributed by atoms with Crippen molar-refractivity contribution >= 4 is 45.4 Å². The molecule has 6 nitrogen and oxygen atoms in total. The molecule has 1 aromatic heterocycles. The molecule has 2 N–H and O–H groups in total. The fourth-order valence-electron chi connectivity index (χ4n) is 2.42. The van der Waals surface area contributed by atoms with Crippen LogP contribution in [-0.4, -0.2) is 25.1 Å². The lowest BCUT2D eigenvalue weighted by molar-refractivity contribution is -0.115. The summed E-state index contributed by atoms with van der Waals surface area (Å²) in [7, 11) is 3.11. The van der Waals surface area contributed by atoms with E-state index in [0.717, 1.165) is 5.69 Å². The molecule has 3 aromatic rings. The molecule has 0 aliphatic carbocycles. The number of carbonyl (C=O) groups excluding carboxylic acids is 1. The molecule has 0 aliphatic heterocycles. The van der Waals surface area contributed by atoms with E-state index >= 15 is 0 Å². The Morgan fingerprint density at radius 3 is 2.67 bits per heavy atom. The lowest BCUT2D eigenvalue weighted by atomic mass is 10.2. The number of amides is 1. The Morgan fingerprint density at radius 2 is 1.93 bits per heavy atom. The van der Waals surface area contributed by atoms with E-state index in [1.807, 2.05) is 23.6 Å². The minimum atomic E-state index is -0.165. The Kier molecular flexibility index (Phi) is 6.16. The Hall–Kier alpha value is -2.77. The molecule has 0 saturated heterocycles. The van der Waals surface area contributed by atoms with Gasteiger partial charge in [-0.25, -0.2) is 4.98 Å². The summed E-state index contributed by atoms with van der Waals surface area (Å²) in [6.45, 7) is 0. The van der Waals surface area contributed by atoms with Crippen LogP contribution < -0.4 is 20.1 Å². The summed E-state index contributed by atoms with van der Waals surface area (Å²) < 4.78 is 10.4. The first-order chi connectivity index (χ1) is 13.1. The predicted octanol–water partition coefficient (Wildman–Crippen LogP) is 4.74. The van der Waals surface area contributed by atoms with Gasteiger partial charge in [0.05, 0.1) is 26.3 Å². The molecule has 0 fully saturated rings. The summed E-state index contributed by atoms with van der Waals surface area (Å²) >= 11 is 7.40. The van der Waals surface area contributed by atoms with Crippen LogP contribution in [0.1, 0.15) is 5.69 Å². The lowest BCUT2D eigenvalue weighted by Crippen LogP contribution is -2.14. The molecule has 2 aromatic carbocycles. The minimum absolute atomic E-state index is 0.165. The Balaban J connectivity index is 1.61. The molecule has 140 valence electrons. The Labute approximate surface area is 166 Å². The third kappa shape index (κ3) is 5.12. The first kappa shape index (κ1) is 19.0. The lowest BCUT2D eigenvalue weighted by Gasteiger charge is -2.10. The number of halogens is 1. The van der Waals surface area contributed by atoms with Crippen molar-refractivity contribution in [3.05, 3.63) is 58.6 Å². The fourth-order valence-corrected chi connectivity index (χ4v) is 3.34. The number of thiazole rings is 1. The monoisotopic (exact) mass is 403 g/mol. The Morgan fingerprint density at radius 1 is 1.11 bits per heavy atom. The summed E-state index contributed by atoms with van der Waals surface area (Å²) in [4.78, 5) is 16.7. The fraction of sp³-hybridized carbons (Fsp3) is 0.158. The van der Waals surface area contributed by atoms with Gasteiger partial charge in [-0.05, 0) is 30.3 Å². The van der Waals surface area contributed by atoms with Crippen molar-refractivity contribution in [3.8, 4) is 11.5 Å². The van der Waals surface area contributed by atoms with E-state index in [1.54, 1.807) is 38.5 Å². The first-order valence-electron chi connectivity index (χ1n) is 8.06. The molecule has 27 heavy (non-hydrogen) atoms. The smallest absolute Gasteiger partial charge is 0.230 e. The standard InChI is InChI=1S/C19H18ClN3O3S/c1-25-16-7-6-14(9-17(16)26-2)21-18(24)10-15-11-27-19(23-15)22-13-5-3-4-12(20)8-13/h3-9,11H,10H2,1-2H3,(H,21,24)(H,22,23). The molecular weight excluding hydrogens is 386 g/mol. The normalized spacial score (nSPS) is 10.3. The second-order valence-electron chi connectivity index (χ2n) is 5.57. The third-order valence-electron chi connectivity index (χ3n) is 3.64. The molecule has 0 radical (unpaired) electrons. The first-order valence-corrected chi connectivity index (χ1v) is 9.32. The van der Waals surface area contributed by atoms with E-state index < -0.39 is 0 Å². The molecule has 0 spiro atoms. The molecule has 1 amide bonds. The van der Waals surface area contributed by atoms with Crippen molar-refractivity contribution in [3.63, 3.8) is 0 Å². The largest absolute Gasteiger partial charge is 0.493 e. The summed E-state index contributed by atoms with van der Waals surface area (Å²) in [6, 6.07) is 12.6.